The largest absolute Gasteiger partial charge is 0.303 e. The Morgan fingerprint density at radius 3 is 1.86 bits per heavy atom. The average molecular weight is 517 g/mol. The van der Waals surface area contributed by atoms with Gasteiger partial charge in [-0.1, -0.05) is 76.1 Å². The van der Waals surface area contributed by atoms with Gasteiger partial charge in [0, 0.05) is 11.4 Å². The minimum absolute atomic E-state index is 0.507. The molecule has 0 N–H and O–H groups in total. The lowest BCUT2D eigenvalue weighted by atomic mass is 10.1. The van der Waals surface area contributed by atoms with E-state index < -0.39 is 0 Å². The van der Waals surface area contributed by atoms with Crippen LogP contribution in [-0.2, 0) is 6.42 Å². The van der Waals surface area contributed by atoms with Gasteiger partial charge >= 0.3 is 0 Å². The molecule has 0 amide bonds. The monoisotopic (exact) mass is 516 g/mol. The Bertz CT molecular complexity index is 535. The van der Waals surface area contributed by atoms with Crippen LogP contribution < -0.4 is 0 Å². The van der Waals surface area contributed by atoms with Crippen LogP contribution in [0.5, 0.6) is 0 Å². The smallest absolute Gasteiger partial charge is 0.144 e. The molecule has 1 unspecified atom stereocenters. The highest BCUT2D eigenvalue weighted by Gasteiger charge is 2.33. The fraction of sp³-hybridized carbons (Fsp3) is 0.680. The summed E-state index contributed by atoms with van der Waals surface area (Å²) in [6.07, 6.45) is 20.2. The third-order valence-electron chi connectivity index (χ3n) is 5.73. The van der Waals surface area contributed by atoms with Crippen LogP contribution in [0.4, 0.5) is 0 Å². The van der Waals surface area contributed by atoms with E-state index in [4.69, 9.17) is 18.0 Å². The van der Waals surface area contributed by atoms with E-state index in [1.807, 2.05) is 12.1 Å². The molecule has 0 aliphatic carbocycles. The van der Waals surface area contributed by atoms with Crippen molar-refractivity contribution in [3.8, 4) is 12.3 Å². The molecule has 158 valence electrons. The topological polar surface area (TPSA) is 0 Å². The van der Waals surface area contributed by atoms with Crippen molar-refractivity contribution in [2.45, 2.75) is 88.5 Å². The van der Waals surface area contributed by atoms with Crippen LogP contribution in [0.2, 0.25) is 5.02 Å². The first-order valence-corrected chi connectivity index (χ1v) is 12.9. The predicted molar refractivity (Wildman–Crippen MR) is 134 cm³/mol. The van der Waals surface area contributed by atoms with Crippen LogP contribution in [0.15, 0.2) is 24.3 Å². The summed E-state index contributed by atoms with van der Waals surface area (Å²) in [5.74, 6) is 3.03. The van der Waals surface area contributed by atoms with Gasteiger partial charge in [0.15, 0.2) is 0 Å². The van der Waals surface area contributed by atoms with Gasteiger partial charge in [0.05, 0.1) is 13.1 Å². The summed E-state index contributed by atoms with van der Waals surface area (Å²) in [7, 11) is 0. The molecular formula is C25H40ClIN+. The maximum Gasteiger partial charge on any atom is 0.144 e. The van der Waals surface area contributed by atoms with Gasteiger partial charge in [-0.25, -0.2) is 0 Å². The summed E-state index contributed by atoms with van der Waals surface area (Å²) in [4.78, 5) is 0. The van der Waals surface area contributed by atoms with Crippen LogP contribution in [0.25, 0.3) is 0 Å². The van der Waals surface area contributed by atoms with E-state index in [0.29, 0.717) is 4.05 Å². The molecule has 3 heteroatoms. The van der Waals surface area contributed by atoms with E-state index in [0.717, 1.165) is 22.5 Å². The van der Waals surface area contributed by atoms with Crippen molar-refractivity contribution in [1.29, 1.82) is 0 Å². The number of terminal acetylenes is 1. The van der Waals surface area contributed by atoms with E-state index in [2.05, 4.69) is 54.5 Å². The SMILES string of the molecule is C#CC[N+](CCCCCCC)(CCCCCCC)C(I)Cc1ccc(Cl)cc1. The summed E-state index contributed by atoms with van der Waals surface area (Å²) in [6.45, 7) is 7.83. The summed E-state index contributed by atoms with van der Waals surface area (Å²) < 4.78 is 1.57. The van der Waals surface area contributed by atoms with Crippen molar-refractivity contribution in [2.24, 2.45) is 0 Å². The quantitative estimate of drug-likeness (QED) is 0.0521. The van der Waals surface area contributed by atoms with Gasteiger partial charge in [-0.15, -0.1) is 6.42 Å². The molecule has 0 saturated carbocycles. The van der Waals surface area contributed by atoms with E-state index in [1.165, 1.54) is 82.9 Å². The fourth-order valence-electron chi connectivity index (χ4n) is 3.90. The second-order valence-corrected chi connectivity index (χ2v) is 10.00. The molecule has 1 aromatic carbocycles. The Morgan fingerprint density at radius 1 is 0.893 bits per heavy atom. The van der Waals surface area contributed by atoms with E-state index in [-0.39, 0.29) is 0 Å². The number of benzene rings is 1. The normalized spacial score (nSPS) is 12.7. The van der Waals surface area contributed by atoms with Crippen molar-refractivity contribution >= 4 is 34.2 Å². The molecule has 0 spiro atoms. The van der Waals surface area contributed by atoms with Gasteiger partial charge in [0.1, 0.15) is 10.6 Å². The zero-order valence-electron chi connectivity index (χ0n) is 18.1. The zero-order chi connectivity index (χ0) is 20.7. The molecular weight excluding hydrogens is 477 g/mol. The Kier molecular flexibility index (Phi) is 14.4. The molecule has 1 atom stereocenters. The van der Waals surface area contributed by atoms with E-state index in [9.17, 15) is 0 Å². The number of quaternary nitrogens is 1. The molecule has 0 aliphatic rings. The summed E-state index contributed by atoms with van der Waals surface area (Å²) in [5.41, 5.74) is 1.36. The fourth-order valence-corrected chi connectivity index (χ4v) is 5.29. The maximum absolute atomic E-state index is 6.08. The standard InChI is InChI=1S/C25H40ClIN/c1-4-7-9-11-13-20-28(19-6-3,21-14-12-10-8-5-2)25(27)22-23-15-17-24(26)18-16-23/h3,15-18,25H,4-5,7-14,19-22H2,1-2H3/q+1. The van der Waals surface area contributed by atoms with Crippen molar-refractivity contribution in [3.05, 3.63) is 34.9 Å². The Labute approximate surface area is 193 Å². The number of rotatable bonds is 16. The molecule has 0 aromatic heterocycles. The van der Waals surface area contributed by atoms with Gasteiger partial charge in [-0.3, -0.25) is 0 Å². The third kappa shape index (κ3) is 9.99. The van der Waals surface area contributed by atoms with Crippen molar-refractivity contribution < 1.29 is 4.48 Å². The summed E-state index contributed by atoms with van der Waals surface area (Å²) in [6, 6.07) is 8.35. The summed E-state index contributed by atoms with van der Waals surface area (Å²) >= 11 is 8.75. The first kappa shape index (κ1) is 25.8. The third-order valence-corrected chi connectivity index (χ3v) is 7.61. The molecule has 0 saturated heterocycles. The molecule has 0 heterocycles. The number of unbranched alkanes of at least 4 members (excludes halogenated alkanes) is 8. The second-order valence-electron chi connectivity index (χ2n) is 8.12. The molecule has 28 heavy (non-hydrogen) atoms. The minimum Gasteiger partial charge on any atom is -0.303 e. The van der Waals surface area contributed by atoms with Gasteiger partial charge in [-0.2, -0.15) is 0 Å². The van der Waals surface area contributed by atoms with E-state index >= 15 is 0 Å². The first-order chi connectivity index (χ1) is 13.6. The number of hydrogen-bond donors (Lipinski definition) is 0. The van der Waals surface area contributed by atoms with Crippen LogP contribution in [0.1, 0.15) is 83.6 Å². The van der Waals surface area contributed by atoms with Gasteiger partial charge in [0.25, 0.3) is 0 Å². The van der Waals surface area contributed by atoms with Crippen molar-refractivity contribution in [2.75, 3.05) is 19.6 Å². The van der Waals surface area contributed by atoms with Crippen molar-refractivity contribution in [3.63, 3.8) is 0 Å². The van der Waals surface area contributed by atoms with Gasteiger partial charge in [0.2, 0.25) is 0 Å². The molecule has 0 fully saturated rings. The van der Waals surface area contributed by atoms with Crippen LogP contribution >= 0.6 is 34.2 Å². The average Bonchev–Trinajstić information content (AvgIpc) is 2.69. The maximum atomic E-state index is 6.08. The predicted octanol–water partition coefficient (Wildman–Crippen LogP) is 8.03. The van der Waals surface area contributed by atoms with Gasteiger partial charge < -0.3 is 4.48 Å². The second kappa shape index (κ2) is 15.6. The lowest BCUT2D eigenvalue weighted by molar-refractivity contribution is -0.927. The van der Waals surface area contributed by atoms with Crippen LogP contribution in [-0.4, -0.2) is 28.2 Å². The highest BCUT2D eigenvalue weighted by Crippen LogP contribution is 2.27. The van der Waals surface area contributed by atoms with Crippen LogP contribution in [0, 0.1) is 12.3 Å². The van der Waals surface area contributed by atoms with Gasteiger partial charge in [-0.05, 0) is 71.9 Å². The number of nitrogens with zero attached hydrogens (tertiary/aromatic N) is 1. The Balaban J connectivity index is 2.80. The molecule has 1 rings (SSSR count). The minimum atomic E-state index is 0.507. The Hall–Kier alpha value is -0.240. The lowest BCUT2D eigenvalue weighted by Gasteiger charge is -2.42. The zero-order valence-corrected chi connectivity index (χ0v) is 21.0. The molecule has 0 bridgehead atoms. The van der Waals surface area contributed by atoms with Crippen molar-refractivity contribution in [1.82, 2.24) is 0 Å². The molecule has 0 radical (unpaired) electrons. The lowest BCUT2D eigenvalue weighted by Crippen LogP contribution is -2.55. The highest BCUT2D eigenvalue weighted by molar-refractivity contribution is 14.1. The molecule has 1 aromatic rings. The number of alkyl halides is 1. The highest BCUT2D eigenvalue weighted by atomic mass is 127. The molecule has 0 aliphatic heterocycles. The summed E-state index contributed by atoms with van der Waals surface area (Å²) in [5, 5.41) is 0.810. The first-order valence-electron chi connectivity index (χ1n) is 11.3. The van der Waals surface area contributed by atoms with E-state index in [1.54, 1.807) is 0 Å². The van der Waals surface area contributed by atoms with Crippen LogP contribution in [0.3, 0.4) is 0 Å². The Morgan fingerprint density at radius 2 is 1.39 bits per heavy atom. The molecule has 1 nitrogen and oxygen atoms in total. The number of hydrogen-bond acceptors (Lipinski definition) is 0. The number of halogens is 2.